The van der Waals surface area contributed by atoms with E-state index in [9.17, 15) is 14.7 Å². The molecule has 2 heterocycles. The van der Waals surface area contributed by atoms with Gasteiger partial charge in [0, 0.05) is 32.2 Å². The summed E-state index contributed by atoms with van der Waals surface area (Å²) in [6.45, 7) is 3.65. The number of aliphatic hydroxyl groups is 1. The number of carbonyl (C=O) groups excluding carboxylic acids is 2. The van der Waals surface area contributed by atoms with Crippen LogP contribution in [0.4, 0.5) is 0 Å². The second-order valence-electron chi connectivity index (χ2n) is 7.01. The molecule has 0 saturated carbocycles. The fourth-order valence-corrected chi connectivity index (χ4v) is 3.51. The predicted octanol–water partition coefficient (Wildman–Crippen LogP) is -1.59. The fraction of sp³-hybridized carbons (Fsp3) is 0.812. The van der Waals surface area contributed by atoms with Crippen LogP contribution in [-0.2, 0) is 9.59 Å². The SMILES string of the molecule is C[C@H](O)[C@@H](N)C(=O)N1CCC[C@H]1CNC(=O)[C@H]1CCCN(C(=N)N)C1. The van der Waals surface area contributed by atoms with Gasteiger partial charge in [-0.25, -0.2) is 0 Å². The Morgan fingerprint density at radius 2 is 2.00 bits per heavy atom. The molecule has 2 aliphatic rings. The first kappa shape index (κ1) is 19.5. The Morgan fingerprint density at radius 1 is 1.32 bits per heavy atom. The Labute approximate surface area is 148 Å². The Hall–Kier alpha value is -1.87. The zero-order valence-electron chi connectivity index (χ0n) is 14.8. The van der Waals surface area contributed by atoms with Crippen LogP contribution in [-0.4, -0.2) is 77.0 Å². The van der Waals surface area contributed by atoms with Crippen molar-refractivity contribution < 1.29 is 14.7 Å². The van der Waals surface area contributed by atoms with Crippen molar-refractivity contribution in [2.24, 2.45) is 17.4 Å². The molecule has 142 valence electrons. The van der Waals surface area contributed by atoms with Gasteiger partial charge in [0.05, 0.1) is 12.0 Å². The minimum atomic E-state index is -0.932. The minimum Gasteiger partial charge on any atom is -0.391 e. The van der Waals surface area contributed by atoms with Gasteiger partial charge < -0.3 is 31.7 Å². The number of rotatable bonds is 5. The lowest BCUT2D eigenvalue weighted by atomic mass is 9.97. The highest BCUT2D eigenvalue weighted by atomic mass is 16.3. The van der Waals surface area contributed by atoms with Gasteiger partial charge in [-0.1, -0.05) is 0 Å². The van der Waals surface area contributed by atoms with Crippen molar-refractivity contribution in [3.05, 3.63) is 0 Å². The number of nitrogens with one attached hydrogen (secondary N) is 2. The van der Waals surface area contributed by atoms with Gasteiger partial charge in [-0.15, -0.1) is 0 Å². The second-order valence-corrected chi connectivity index (χ2v) is 7.01. The van der Waals surface area contributed by atoms with Crippen molar-refractivity contribution >= 4 is 17.8 Å². The smallest absolute Gasteiger partial charge is 0.242 e. The molecule has 2 rings (SSSR count). The Balaban J connectivity index is 1.86. The maximum atomic E-state index is 12.4. The highest BCUT2D eigenvalue weighted by molar-refractivity contribution is 5.83. The monoisotopic (exact) mass is 354 g/mol. The van der Waals surface area contributed by atoms with Gasteiger partial charge >= 0.3 is 0 Å². The van der Waals surface area contributed by atoms with Crippen LogP contribution in [0.3, 0.4) is 0 Å². The minimum absolute atomic E-state index is 0.00262. The molecule has 2 fully saturated rings. The van der Waals surface area contributed by atoms with E-state index in [1.165, 1.54) is 6.92 Å². The molecular formula is C16H30N6O3. The Morgan fingerprint density at radius 3 is 2.64 bits per heavy atom. The summed E-state index contributed by atoms with van der Waals surface area (Å²) in [4.78, 5) is 28.1. The van der Waals surface area contributed by atoms with Crippen molar-refractivity contribution in [3.8, 4) is 0 Å². The number of aliphatic hydroxyl groups excluding tert-OH is 1. The summed E-state index contributed by atoms with van der Waals surface area (Å²) < 4.78 is 0. The van der Waals surface area contributed by atoms with Gasteiger partial charge in [0.1, 0.15) is 6.04 Å². The molecule has 2 amide bonds. The first-order chi connectivity index (χ1) is 11.8. The number of nitrogens with two attached hydrogens (primary N) is 2. The normalized spacial score (nSPS) is 26.2. The largest absolute Gasteiger partial charge is 0.391 e. The topological polar surface area (TPSA) is 149 Å². The Bertz CT molecular complexity index is 512. The van der Waals surface area contributed by atoms with Crippen LogP contribution in [0.2, 0.25) is 0 Å². The molecule has 0 aromatic carbocycles. The lowest BCUT2D eigenvalue weighted by Crippen LogP contribution is -2.53. The third-order valence-corrected chi connectivity index (χ3v) is 5.11. The van der Waals surface area contributed by atoms with Crippen LogP contribution in [0.5, 0.6) is 0 Å². The summed E-state index contributed by atoms with van der Waals surface area (Å²) in [5.41, 5.74) is 11.3. The summed E-state index contributed by atoms with van der Waals surface area (Å²) in [7, 11) is 0. The average molecular weight is 354 g/mol. The molecule has 9 nitrogen and oxygen atoms in total. The molecule has 7 N–H and O–H groups in total. The van der Waals surface area contributed by atoms with Gasteiger partial charge in [-0.2, -0.15) is 0 Å². The highest BCUT2D eigenvalue weighted by Crippen LogP contribution is 2.19. The van der Waals surface area contributed by atoms with Crippen molar-refractivity contribution in [2.45, 2.75) is 50.8 Å². The Kier molecular flexibility index (Phi) is 6.60. The molecule has 0 radical (unpaired) electrons. The molecule has 9 heteroatoms. The van der Waals surface area contributed by atoms with Crippen LogP contribution in [0.1, 0.15) is 32.6 Å². The zero-order valence-corrected chi connectivity index (χ0v) is 14.8. The van der Waals surface area contributed by atoms with Crippen molar-refractivity contribution in [2.75, 3.05) is 26.2 Å². The van der Waals surface area contributed by atoms with Gasteiger partial charge in [0.15, 0.2) is 5.96 Å². The maximum absolute atomic E-state index is 12.4. The number of carbonyl (C=O) groups is 2. The summed E-state index contributed by atoms with van der Waals surface area (Å²) in [6, 6.07) is -1.02. The average Bonchev–Trinajstić information content (AvgIpc) is 3.06. The third-order valence-electron chi connectivity index (χ3n) is 5.11. The summed E-state index contributed by atoms with van der Waals surface area (Å²) in [5, 5.41) is 20.0. The second kappa shape index (κ2) is 8.48. The number of piperidine rings is 1. The van der Waals surface area contributed by atoms with E-state index in [4.69, 9.17) is 16.9 Å². The lowest BCUT2D eigenvalue weighted by Gasteiger charge is -2.33. The molecule has 2 aliphatic heterocycles. The molecule has 2 saturated heterocycles. The van der Waals surface area contributed by atoms with Crippen LogP contribution in [0, 0.1) is 11.3 Å². The molecule has 0 unspecified atom stereocenters. The van der Waals surface area contributed by atoms with E-state index >= 15 is 0 Å². The van der Waals surface area contributed by atoms with Crippen molar-refractivity contribution in [1.29, 1.82) is 5.41 Å². The van der Waals surface area contributed by atoms with E-state index in [1.54, 1.807) is 9.80 Å². The zero-order chi connectivity index (χ0) is 18.6. The first-order valence-electron chi connectivity index (χ1n) is 8.92. The van der Waals surface area contributed by atoms with E-state index < -0.39 is 12.1 Å². The summed E-state index contributed by atoms with van der Waals surface area (Å²) >= 11 is 0. The molecule has 0 aromatic heterocycles. The van der Waals surface area contributed by atoms with E-state index in [2.05, 4.69) is 5.32 Å². The molecule has 0 aliphatic carbocycles. The standard InChI is InChI=1S/C16H30N6O3/c1-10(23)13(17)15(25)22-7-3-5-12(22)8-20-14(24)11-4-2-6-21(9-11)16(18)19/h10-13,23H,2-9,17H2,1H3,(H3,18,19)(H,20,24)/t10-,11-,12-,13+/m0/s1. The fourth-order valence-electron chi connectivity index (χ4n) is 3.51. The van der Waals surface area contributed by atoms with Crippen LogP contribution in [0.15, 0.2) is 0 Å². The number of likely N-dealkylation sites (tertiary alicyclic amines) is 2. The van der Waals surface area contributed by atoms with E-state index in [0.717, 1.165) is 25.7 Å². The molecular weight excluding hydrogens is 324 g/mol. The molecule has 0 aromatic rings. The van der Waals surface area contributed by atoms with Gasteiger partial charge in [-0.05, 0) is 32.6 Å². The lowest BCUT2D eigenvalue weighted by molar-refractivity contribution is -0.136. The number of guanidine groups is 1. The quantitative estimate of drug-likeness (QED) is 0.297. The van der Waals surface area contributed by atoms with E-state index in [0.29, 0.717) is 26.2 Å². The summed E-state index contributed by atoms with van der Waals surface area (Å²) in [6.07, 6.45) is 2.37. The first-order valence-corrected chi connectivity index (χ1v) is 8.92. The van der Waals surface area contributed by atoms with Gasteiger partial charge in [0.2, 0.25) is 11.8 Å². The van der Waals surface area contributed by atoms with Gasteiger partial charge in [0.25, 0.3) is 0 Å². The predicted molar refractivity (Wildman–Crippen MR) is 93.6 cm³/mol. The van der Waals surface area contributed by atoms with Crippen LogP contribution < -0.4 is 16.8 Å². The van der Waals surface area contributed by atoms with Crippen molar-refractivity contribution in [1.82, 2.24) is 15.1 Å². The van der Waals surface area contributed by atoms with Gasteiger partial charge in [-0.3, -0.25) is 15.0 Å². The third kappa shape index (κ3) is 4.82. The molecule has 4 atom stereocenters. The maximum Gasteiger partial charge on any atom is 0.242 e. The molecule has 0 bridgehead atoms. The number of amides is 2. The van der Waals surface area contributed by atoms with Crippen LogP contribution >= 0.6 is 0 Å². The highest BCUT2D eigenvalue weighted by Gasteiger charge is 2.34. The number of hydrogen-bond acceptors (Lipinski definition) is 5. The van der Waals surface area contributed by atoms with E-state index in [1.807, 2.05) is 0 Å². The number of nitrogens with zero attached hydrogens (tertiary/aromatic N) is 2. The van der Waals surface area contributed by atoms with Crippen molar-refractivity contribution in [3.63, 3.8) is 0 Å². The van der Waals surface area contributed by atoms with Crippen LogP contribution in [0.25, 0.3) is 0 Å². The number of hydrogen-bond donors (Lipinski definition) is 5. The molecule has 0 spiro atoms. The summed E-state index contributed by atoms with van der Waals surface area (Å²) in [5.74, 6) is -0.530. The molecule has 25 heavy (non-hydrogen) atoms. The van der Waals surface area contributed by atoms with E-state index in [-0.39, 0.29) is 29.7 Å².